The van der Waals surface area contributed by atoms with Crippen molar-refractivity contribution in [1.82, 2.24) is 0 Å². The Morgan fingerprint density at radius 2 is 0.971 bits per heavy atom. The molecule has 0 aromatic rings. The summed E-state index contributed by atoms with van der Waals surface area (Å²) >= 11 is 0. The van der Waals surface area contributed by atoms with Crippen molar-refractivity contribution in [3.05, 3.63) is 0 Å². The molecular weight excluding hydrogens is 472 g/mol. The van der Waals surface area contributed by atoms with Gasteiger partial charge >= 0.3 is 0 Å². The topological polar surface area (TPSA) is 269 Å². The molecule has 34 heavy (non-hydrogen) atoms. The standard InChI is InChI=1S/C18H32O16/c19-1-4-7(21)10(24)13(27)17(32-4)30-3-6-9(23)12(26)15(16(29)31-6)34-18-14(28)11(25)8(22)5(2-20)33-18/h4-29H,1-3H2/t4-,5-,6-,7-,8-,9-,10+,11+,12+,13+,14+,15+,16+,17+,18-/m1/s1. The fourth-order valence-corrected chi connectivity index (χ4v) is 3.94. The third-order valence-corrected chi connectivity index (χ3v) is 6.08. The summed E-state index contributed by atoms with van der Waals surface area (Å²) in [7, 11) is 0. The summed E-state index contributed by atoms with van der Waals surface area (Å²) in [6, 6.07) is 0. The number of ether oxygens (including phenoxy) is 5. The number of aliphatic hydroxyl groups excluding tert-OH is 11. The number of hydrogen-bond acceptors (Lipinski definition) is 16. The molecule has 3 fully saturated rings. The molecule has 3 saturated heterocycles. The highest BCUT2D eigenvalue weighted by atomic mass is 16.7. The monoisotopic (exact) mass is 504 g/mol. The van der Waals surface area contributed by atoms with Crippen LogP contribution < -0.4 is 0 Å². The van der Waals surface area contributed by atoms with Crippen LogP contribution in [0.1, 0.15) is 0 Å². The molecular formula is C18H32O16. The number of rotatable bonds is 7. The van der Waals surface area contributed by atoms with E-state index in [9.17, 15) is 56.2 Å². The predicted octanol–water partition coefficient (Wildman–Crippen LogP) is -7.57. The molecule has 15 atom stereocenters. The van der Waals surface area contributed by atoms with Crippen molar-refractivity contribution in [2.75, 3.05) is 19.8 Å². The summed E-state index contributed by atoms with van der Waals surface area (Å²) in [4.78, 5) is 0. The lowest BCUT2D eigenvalue weighted by Crippen LogP contribution is -2.64. The summed E-state index contributed by atoms with van der Waals surface area (Å²) in [5.41, 5.74) is 0. The molecule has 0 bridgehead atoms. The first kappa shape index (κ1) is 27.9. The Morgan fingerprint density at radius 1 is 0.500 bits per heavy atom. The normalized spacial score (nSPS) is 52.5. The second-order valence-corrected chi connectivity index (χ2v) is 8.37. The molecule has 200 valence electrons. The Morgan fingerprint density at radius 3 is 1.50 bits per heavy atom. The maximum absolute atomic E-state index is 10.4. The highest BCUT2D eigenvalue weighted by molar-refractivity contribution is 4.94. The van der Waals surface area contributed by atoms with Gasteiger partial charge in [-0.1, -0.05) is 0 Å². The Labute approximate surface area is 192 Å². The van der Waals surface area contributed by atoms with Gasteiger partial charge in [0.15, 0.2) is 18.9 Å². The van der Waals surface area contributed by atoms with Crippen LogP contribution in [0.4, 0.5) is 0 Å². The maximum atomic E-state index is 10.4. The molecule has 0 radical (unpaired) electrons. The van der Waals surface area contributed by atoms with Gasteiger partial charge in [-0.3, -0.25) is 0 Å². The van der Waals surface area contributed by atoms with Crippen LogP contribution >= 0.6 is 0 Å². The van der Waals surface area contributed by atoms with Crippen molar-refractivity contribution in [2.24, 2.45) is 0 Å². The fraction of sp³-hybridized carbons (Fsp3) is 1.00. The SMILES string of the molecule is OC[C@H]1O[C@H](OC[C@H]2O[C@H](O)[C@@H](O[C@H]3O[C@H](CO)[C@@H](O)[C@H](O)[C@@H]3O)[C@@H](O)[C@@H]2O)[C@@H](O)[C@@H](O)[C@@H]1O. The smallest absolute Gasteiger partial charge is 0.187 e. The van der Waals surface area contributed by atoms with Crippen LogP contribution in [-0.4, -0.2) is 168 Å². The van der Waals surface area contributed by atoms with Gasteiger partial charge in [-0.2, -0.15) is 0 Å². The lowest BCUT2D eigenvalue weighted by molar-refractivity contribution is -0.366. The number of aliphatic hydroxyl groups is 11. The van der Waals surface area contributed by atoms with E-state index in [0.717, 1.165) is 0 Å². The Kier molecular flexibility index (Phi) is 9.54. The van der Waals surface area contributed by atoms with Gasteiger partial charge in [-0.25, -0.2) is 0 Å². The van der Waals surface area contributed by atoms with Gasteiger partial charge in [0.1, 0.15) is 73.2 Å². The minimum absolute atomic E-state index is 0.593. The van der Waals surface area contributed by atoms with Crippen LogP contribution in [0.5, 0.6) is 0 Å². The quantitative estimate of drug-likeness (QED) is 0.154. The molecule has 0 amide bonds. The summed E-state index contributed by atoms with van der Waals surface area (Å²) in [6.45, 7) is -2.02. The lowest BCUT2D eigenvalue weighted by atomic mass is 9.97. The molecule has 3 rings (SSSR count). The highest BCUT2D eigenvalue weighted by Gasteiger charge is 2.51. The zero-order valence-corrected chi connectivity index (χ0v) is 17.7. The zero-order chi connectivity index (χ0) is 25.3. The predicted molar refractivity (Wildman–Crippen MR) is 101 cm³/mol. The van der Waals surface area contributed by atoms with Gasteiger partial charge in [-0.15, -0.1) is 0 Å². The molecule has 11 N–H and O–H groups in total. The van der Waals surface area contributed by atoms with E-state index >= 15 is 0 Å². The van der Waals surface area contributed by atoms with E-state index in [1.54, 1.807) is 0 Å². The second kappa shape index (κ2) is 11.6. The van der Waals surface area contributed by atoms with E-state index in [-0.39, 0.29) is 0 Å². The maximum Gasteiger partial charge on any atom is 0.187 e. The highest BCUT2D eigenvalue weighted by Crippen LogP contribution is 2.29. The van der Waals surface area contributed by atoms with Crippen molar-refractivity contribution in [3.8, 4) is 0 Å². The minimum Gasteiger partial charge on any atom is -0.394 e. The average molecular weight is 504 g/mol. The van der Waals surface area contributed by atoms with Gasteiger partial charge in [0.2, 0.25) is 0 Å². The largest absolute Gasteiger partial charge is 0.394 e. The first-order valence-corrected chi connectivity index (χ1v) is 10.6. The summed E-state index contributed by atoms with van der Waals surface area (Å²) in [6.07, 6.45) is -24.8. The Bertz CT molecular complexity index is 635. The third kappa shape index (κ3) is 5.52. The van der Waals surface area contributed by atoms with Crippen molar-refractivity contribution in [1.29, 1.82) is 0 Å². The molecule has 3 aliphatic rings. The van der Waals surface area contributed by atoms with Gasteiger partial charge in [0, 0.05) is 0 Å². The van der Waals surface area contributed by atoms with Crippen LogP contribution in [0.2, 0.25) is 0 Å². The van der Waals surface area contributed by atoms with Crippen molar-refractivity contribution >= 4 is 0 Å². The first-order valence-electron chi connectivity index (χ1n) is 10.6. The first-order chi connectivity index (χ1) is 16.0. The molecule has 3 aliphatic heterocycles. The van der Waals surface area contributed by atoms with E-state index in [2.05, 4.69) is 0 Å². The van der Waals surface area contributed by atoms with Crippen LogP contribution in [0, 0.1) is 0 Å². The lowest BCUT2D eigenvalue weighted by Gasteiger charge is -2.45. The minimum atomic E-state index is -1.92. The summed E-state index contributed by atoms with van der Waals surface area (Å²) in [5, 5.41) is 109. The Hall–Kier alpha value is -0.640. The van der Waals surface area contributed by atoms with E-state index < -0.39 is 112 Å². The number of hydrogen-bond donors (Lipinski definition) is 11. The molecule has 3 heterocycles. The van der Waals surface area contributed by atoms with Crippen LogP contribution in [-0.2, 0) is 23.7 Å². The average Bonchev–Trinajstić information content (AvgIpc) is 2.82. The molecule has 0 aliphatic carbocycles. The third-order valence-electron chi connectivity index (χ3n) is 6.08. The molecule has 0 spiro atoms. The van der Waals surface area contributed by atoms with Crippen molar-refractivity contribution in [3.63, 3.8) is 0 Å². The summed E-state index contributed by atoms with van der Waals surface area (Å²) < 4.78 is 26.0. The molecule has 0 saturated carbocycles. The van der Waals surface area contributed by atoms with E-state index in [1.165, 1.54) is 0 Å². The molecule has 0 aromatic heterocycles. The molecule has 0 unspecified atom stereocenters. The summed E-state index contributed by atoms with van der Waals surface area (Å²) in [5.74, 6) is 0. The Balaban J connectivity index is 1.59. The van der Waals surface area contributed by atoms with Gasteiger partial charge in [-0.05, 0) is 0 Å². The second-order valence-electron chi connectivity index (χ2n) is 8.37. The zero-order valence-electron chi connectivity index (χ0n) is 17.7. The van der Waals surface area contributed by atoms with E-state index in [4.69, 9.17) is 23.7 Å². The molecule has 0 aromatic carbocycles. The van der Waals surface area contributed by atoms with Crippen LogP contribution in [0.25, 0.3) is 0 Å². The van der Waals surface area contributed by atoms with Gasteiger partial charge in [0.25, 0.3) is 0 Å². The van der Waals surface area contributed by atoms with Crippen LogP contribution in [0.3, 0.4) is 0 Å². The van der Waals surface area contributed by atoms with Gasteiger partial charge < -0.3 is 79.9 Å². The van der Waals surface area contributed by atoms with Crippen LogP contribution in [0.15, 0.2) is 0 Å². The molecule has 16 nitrogen and oxygen atoms in total. The van der Waals surface area contributed by atoms with E-state index in [0.29, 0.717) is 0 Å². The van der Waals surface area contributed by atoms with Crippen molar-refractivity contribution < 1.29 is 79.9 Å². The molecule has 16 heteroatoms. The fourth-order valence-electron chi connectivity index (χ4n) is 3.94. The van der Waals surface area contributed by atoms with Crippen molar-refractivity contribution in [2.45, 2.75) is 92.1 Å². The van der Waals surface area contributed by atoms with E-state index in [1.807, 2.05) is 0 Å². The van der Waals surface area contributed by atoms with Gasteiger partial charge in [0.05, 0.1) is 19.8 Å².